The lowest BCUT2D eigenvalue weighted by atomic mass is 9.99. The number of nitrogens with one attached hydrogen (secondary N) is 1. The fourth-order valence-electron chi connectivity index (χ4n) is 2.71. The number of carbonyl (C=O) groups is 1. The van der Waals surface area contributed by atoms with Crippen molar-refractivity contribution in [2.45, 2.75) is 6.42 Å². The van der Waals surface area contributed by atoms with Gasteiger partial charge in [0, 0.05) is 34.5 Å². The predicted molar refractivity (Wildman–Crippen MR) is 99.2 cm³/mol. The summed E-state index contributed by atoms with van der Waals surface area (Å²) in [6.07, 6.45) is -1.30. The Hall–Kier alpha value is -2.57. The Bertz CT molecular complexity index is 1010. The number of hydrogen-bond donors (Lipinski definition) is 2. The summed E-state index contributed by atoms with van der Waals surface area (Å²) in [5, 5.41) is 12.9. The number of hydrogen-bond acceptors (Lipinski definition) is 4. The van der Waals surface area contributed by atoms with E-state index in [-0.39, 0.29) is 28.5 Å². The van der Waals surface area contributed by atoms with Gasteiger partial charge >= 0.3 is 6.16 Å². The third-order valence-electron chi connectivity index (χ3n) is 3.82. The van der Waals surface area contributed by atoms with E-state index in [1.807, 2.05) is 0 Å². The molecular formula is C18H13Cl2FN2O3. The zero-order valence-corrected chi connectivity index (χ0v) is 15.0. The van der Waals surface area contributed by atoms with Crippen molar-refractivity contribution < 1.29 is 19.0 Å². The molecule has 0 saturated heterocycles. The first-order valence-corrected chi connectivity index (χ1v) is 8.30. The lowest BCUT2D eigenvalue weighted by Gasteiger charge is -2.16. The van der Waals surface area contributed by atoms with Crippen molar-refractivity contribution >= 4 is 46.1 Å². The van der Waals surface area contributed by atoms with E-state index in [2.05, 4.69) is 10.3 Å². The minimum atomic E-state index is -1.51. The number of aromatic nitrogens is 1. The molecule has 8 heteroatoms. The lowest BCUT2D eigenvalue weighted by Crippen LogP contribution is -2.10. The van der Waals surface area contributed by atoms with Gasteiger partial charge in [-0.2, -0.15) is 0 Å². The molecule has 5 nitrogen and oxygen atoms in total. The van der Waals surface area contributed by atoms with E-state index in [0.29, 0.717) is 16.0 Å². The summed E-state index contributed by atoms with van der Waals surface area (Å²) in [7, 11) is 1.54. The number of rotatable bonds is 4. The second kappa shape index (κ2) is 7.35. The van der Waals surface area contributed by atoms with Gasteiger partial charge in [0.05, 0.1) is 0 Å². The van der Waals surface area contributed by atoms with Gasteiger partial charge in [0.1, 0.15) is 5.52 Å². The minimum absolute atomic E-state index is 0.0194. The van der Waals surface area contributed by atoms with Crippen molar-refractivity contribution in [2.24, 2.45) is 0 Å². The maximum Gasteiger partial charge on any atom is 0.511 e. The van der Waals surface area contributed by atoms with Crippen LogP contribution in [0.4, 0.5) is 15.0 Å². The van der Waals surface area contributed by atoms with Gasteiger partial charge < -0.3 is 15.2 Å². The van der Waals surface area contributed by atoms with Gasteiger partial charge in [0.2, 0.25) is 0 Å². The Balaban J connectivity index is 2.34. The van der Waals surface area contributed by atoms with Crippen LogP contribution in [-0.2, 0) is 6.42 Å². The van der Waals surface area contributed by atoms with Gasteiger partial charge in [-0.25, -0.2) is 14.2 Å². The fraction of sp³-hybridized carbons (Fsp3) is 0.111. The number of carboxylic acid groups (broad SMARTS) is 1. The van der Waals surface area contributed by atoms with Crippen LogP contribution in [0.3, 0.4) is 0 Å². The number of fused-ring (bicyclic) bond motifs is 1. The summed E-state index contributed by atoms with van der Waals surface area (Å²) in [6, 6.07) is 9.75. The summed E-state index contributed by atoms with van der Waals surface area (Å²) in [5.74, 6) is -0.538. The standard InChI is InChI=1S/C18H13Cl2FN2O3/c1-22-17-16(26-18(24)25)12(6-9-4-2-3-5-13(9)20)11-7-10(19)8-14(21)15(11)23-17/h2-5,7-8H,6H2,1H3,(H,22,23)(H,24,25). The monoisotopic (exact) mass is 394 g/mol. The van der Waals surface area contributed by atoms with Crippen molar-refractivity contribution in [1.29, 1.82) is 0 Å². The largest absolute Gasteiger partial charge is 0.511 e. The molecule has 0 aliphatic heterocycles. The molecule has 1 heterocycles. The van der Waals surface area contributed by atoms with Crippen LogP contribution in [0.2, 0.25) is 10.0 Å². The van der Waals surface area contributed by atoms with Crippen LogP contribution < -0.4 is 10.1 Å². The van der Waals surface area contributed by atoms with Crippen LogP contribution in [0.15, 0.2) is 36.4 Å². The van der Waals surface area contributed by atoms with Crippen LogP contribution in [0.25, 0.3) is 10.9 Å². The molecule has 0 fully saturated rings. The van der Waals surface area contributed by atoms with E-state index in [4.69, 9.17) is 33.0 Å². The Kier molecular flexibility index (Phi) is 5.15. The predicted octanol–water partition coefficient (Wildman–Crippen LogP) is 5.37. The van der Waals surface area contributed by atoms with Crippen molar-refractivity contribution in [3.05, 3.63) is 63.4 Å². The third kappa shape index (κ3) is 3.52. The van der Waals surface area contributed by atoms with Crippen molar-refractivity contribution in [2.75, 3.05) is 12.4 Å². The first kappa shape index (κ1) is 18.2. The van der Waals surface area contributed by atoms with E-state index >= 15 is 0 Å². The minimum Gasteiger partial charge on any atom is -0.449 e. The molecule has 0 aliphatic carbocycles. The molecule has 2 N–H and O–H groups in total. The summed E-state index contributed by atoms with van der Waals surface area (Å²) < 4.78 is 19.3. The summed E-state index contributed by atoms with van der Waals surface area (Å²) >= 11 is 12.2. The molecule has 0 unspecified atom stereocenters. The summed E-state index contributed by atoms with van der Waals surface area (Å²) in [5.41, 5.74) is 1.19. The molecular weight excluding hydrogens is 382 g/mol. The average molecular weight is 395 g/mol. The molecule has 3 rings (SSSR count). The van der Waals surface area contributed by atoms with E-state index in [9.17, 15) is 9.18 Å². The number of ether oxygens (including phenoxy) is 1. The first-order chi connectivity index (χ1) is 12.4. The van der Waals surface area contributed by atoms with Gasteiger partial charge in [-0.15, -0.1) is 0 Å². The fourth-order valence-corrected chi connectivity index (χ4v) is 3.12. The van der Waals surface area contributed by atoms with Gasteiger partial charge in [-0.1, -0.05) is 41.4 Å². The maximum atomic E-state index is 14.4. The van der Waals surface area contributed by atoms with Crippen molar-refractivity contribution in [3.8, 4) is 5.75 Å². The number of pyridine rings is 1. The van der Waals surface area contributed by atoms with E-state index < -0.39 is 12.0 Å². The SMILES string of the molecule is CNc1nc2c(F)cc(Cl)cc2c(Cc2ccccc2Cl)c1OC(=O)O. The molecule has 0 atom stereocenters. The molecule has 0 bridgehead atoms. The number of anilines is 1. The normalized spacial score (nSPS) is 10.8. The molecule has 2 aromatic carbocycles. The smallest absolute Gasteiger partial charge is 0.449 e. The second-order valence-electron chi connectivity index (χ2n) is 5.44. The quantitative estimate of drug-likeness (QED) is 0.581. The molecule has 0 radical (unpaired) electrons. The Morgan fingerprint density at radius 2 is 2.04 bits per heavy atom. The summed E-state index contributed by atoms with van der Waals surface area (Å²) in [4.78, 5) is 15.3. The molecule has 3 aromatic rings. The first-order valence-electron chi connectivity index (χ1n) is 7.54. The molecule has 26 heavy (non-hydrogen) atoms. The Morgan fingerprint density at radius 1 is 1.31 bits per heavy atom. The molecule has 0 amide bonds. The molecule has 1 aromatic heterocycles. The highest BCUT2D eigenvalue weighted by Crippen LogP contribution is 2.38. The lowest BCUT2D eigenvalue weighted by molar-refractivity contribution is 0.144. The third-order valence-corrected chi connectivity index (χ3v) is 4.40. The Morgan fingerprint density at radius 3 is 2.69 bits per heavy atom. The highest BCUT2D eigenvalue weighted by molar-refractivity contribution is 6.31. The Labute approximate surface area is 158 Å². The van der Waals surface area contributed by atoms with Gasteiger partial charge in [-0.3, -0.25) is 0 Å². The van der Waals surface area contributed by atoms with Crippen molar-refractivity contribution in [1.82, 2.24) is 4.98 Å². The molecule has 0 aliphatic rings. The zero-order valence-electron chi connectivity index (χ0n) is 13.5. The van der Waals surface area contributed by atoms with Crippen molar-refractivity contribution in [3.63, 3.8) is 0 Å². The molecule has 134 valence electrons. The second-order valence-corrected chi connectivity index (χ2v) is 6.28. The highest BCUT2D eigenvalue weighted by atomic mass is 35.5. The van der Waals surface area contributed by atoms with E-state index in [1.165, 1.54) is 13.1 Å². The summed E-state index contributed by atoms with van der Waals surface area (Å²) in [6.45, 7) is 0. The zero-order chi connectivity index (χ0) is 18.8. The van der Waals surface area contributed by atoms with Gasteiger partial charge in [0.15, 0.2) is 17.4 Å². The maximum absolute atomic E-state index is 14.4. The topological polar surface area (TPSA) is 71.5 Å². The van der Waals surface area contributed by atoms with Gasteiger partial charge in [-0.05, 0) is 23.8 Å². The highest BCUT2D eigenvalue weighted by Gasteiger charge is 2.21. The average Bonchev–Trinajstić information content (AvgIpc) is 2.58. The number of benzene rings is 2. The molecule has 0 spiro atoms. The van der Waals surface area contributed by atoms with Crippen LogP contribution in [0, 0.1) is 5.82 Å². The van der Waals surface area contributed by atoms with E-state index in [1.54, 1.807) is 24.3 Å². The van der Waals surface area contributed by atoms with E-state index in [0.717, 1.165) is 11.6 Å². The van der Waals surface area contributed by atoms with Crippen LogP contribution in [0.1, 0.15) is 11.1 Å². The molecule has 0 saturated carbocycles. The number of halogens is 3. The van der Waals surface area contributed by atoms with Crippen LogP contribution in [0.5, 0.6) is 5.75 Å². The van der Waals surface area contributed by atoms with Crippen LogP contribution in [-0.4, -0.2) is 23.3 Å². The number of nitrogens with zero attached hydrogens (tertiary/aromatic N) is 1. The van der Waals surface area contributed by atoms with Crippen LogP contribution >= 0.6 is 23.2 Å². The van der Waals surface area contributed by atoms with Gasteiger partial charge in [0.25, 0.3) is 0 Å².